The van der Waals surface area contributed by atoms with Crippen molar-refractivity contribution in [1.82, 2.24) is 10.2 Å². The van der Waals surface area contributed by atoms with Crippen LogP contribution in [-0.2, 0) is 4.79 Å². The van der Waals surface area contributed by atoms with Crippen LogP contribution in [0.2, 0.25) is 0 Å². The van der Waals surface area contributed by atoms with Crippen molar-refractivity contribution in [3.8, 4) is 0 Å². The fourth-order valence-corrected chi connectivity index (χ4v) is 3.51. The fraction of sp³-hybridized carbons (Fsp3) is 0.929. The Morgan fingerprint density at radius 3 is 2.33 bits per heavy atom. The standard InChI is InChI=1S/C14H27N3O/c1-3-11(4-2)16-14(18)9-17-12-5-6-13(17)8-10(15)7-12/h10-13H,3-9,15H2,1-2H3,(H,16,18). The molecule has 4 nitrogen and oxygen atoms in total. The predicted molar refractivity (Wildman–Crippen MR) is 73.2 cm³/mol. The lowest BCUT2D eigenvalue weighted by Crippen LogP contribution is -2.51. The van der Waals surface area contributed by atoms with Crippen LogP contribution in [-0.4, -0.2) is 41.5 Å². The smallest absolute Gasteiger partial charge is 0.234 e. The third-order valence-corrected chi connectivity index (χ3v) is 4.60. The van der Waals surface area contributed by atoms with Gasteiger partial charge in [-0.2, -0.15) is 0 Å². The lowest BCUT2D eigenvalue weighted by molar-refractivity contribution is -0.124. The number of hydrogen-bond acceptors (Lipinski definition) is 3. The highest BCUT2D eigenvalue weighted by molar-refractivity contribution is 5.78. The van der Waals surface area contributed by atoms with E-state index in [1.54, 1.807) is 0 Å². The van der Waals surface area contributed by atoms with Crippen LogP contribution >= 0.6 is 0 Å². The predicted octanol–water partition coefficient (Wildman–Crippen LogP) is 1.25. The molecule has 2 aliphatic heterocycles. The molecule has 0 aliphatic carbocycles. The van der Waals surface area contributed by atoms with Crippen molar-refractivity contribution < 1.29 is 4.79 Å². The first-order valence-corrected chi connectivity index (χ1v) is 7.44. The molecule has 104 valence electrons. The van der Waals surface area contributed by atoms with Gasteiger partial charge in [0.1, 0.15) is 0 Å². The van der Waals surface area contributed by atoms with E-state index in [2.05, 4.69) is 24.1 Å². The molecule has 2 unspecified atom stereocenters. The third-order valence-electron chi connectivity index (χ3n) is 4.60. The van der Waals surface area contributed by atoms with E-state index in [-0.39, 0.29) is 5.91 Å². The number of carbonyl (C=O) groups is 1. The molecular formula is C14H27N3O. The van der Waals surface area contributed by atoms with Crippen molar-refractivity contribution in [2.24, 2.45) is 5.73 Å². The van der Waals surface area contributed by atoms with Gasteiger partial charge in [0.05, 0.1) is 6.54 Å². The Bertz CT molecular complexity index is 277. The number of fused-ring (bicyclic) bond motifs is 2. The summed E-state index contributed by atoms with van der Waals surface area (Å²) in [7, 11) is 0. The lowest BCUT2D eigenvalue weighted by Gasteiger charge is -2.37. The molecule has 2 heterocycles. The third kappa shape index (κ3) is 3.04. The highest BCUT2D eigenvalue weighted by atomic mass is 16.2. The minimum Gasteiger partial charge on any atom is -0.352 e. The summed E-state index contributed by atoms with van der Waals surface area (Å²) in [6, 6.07) is 1.78. The topological polar surface area (TPSA) is 58.4 Å². The Balaban J connectivity index is 1.85. The van der Waals surface area contributed by atoms with Gasteiger partial charge in [0.15, 0.2) is 0 Å². The lowest BCUT2D eigenvalue weighted by atomic mass is 9.98. The normalized spacial score (nSPS) is 31.9. The number of nitrogens with zero attached hydrogens (tertiary/aromatic N) is 1. The summed E-state index contributed by atoms with van der Waals surface area (Å²) >= 11 is 0. The Hall–Kier alpha value is -0.610. The Morgan fingerprint density at radius 1 is 1.28 bits per heavy atom. The number of rotatable bonds is 5. The van der Waals surface area contributed by atoms with E-state index in [9.17, 15) is 4.79 Å². The van der Waals surface area contributed by atoms with Crippen molar-refractivity contribution in [2.45, 2.75) is 76.5 Å². The summed E-state index contributed by atoms with van der Waals surface area (Å²) in [5, 5.41) is 3.13. The van der Waals surface area contributed by atoms with Gasteiger partial charge in [-0.05, 0) is 38.5 Å². The molecule has 0 aromatic heterocycles. The molecule has 0 aromatic rings. The second-order valence-electron chi connectivity index (χ2n) is 5.87. The summed E-state index contributed by atoms with van der Waals surface area (Å²) in [6.45, 7) is 4.81. The zero-order valence-corrected chi connectivity index (χ0v) is 11.7. The van der Waals surface area contributed by atoms with Gasteiger partial charge in [-0.1, -0.05) is 13.8 Å². The van der Waals surface area contributed by atoms with Gasteiger partial charge in [-0.15, -0.1) is 0 Å². The van der Waals surface area contributed by atoms with Crippen LogP contribution in [0.4, 0.5) is 0 Å². The number of carbonyl (C=O) groups excluding carboxylic acids is 1. The Labute approximate surface area is 110 Å². The molecule has 2 rings (SSSR count). The summed E-state index contributed by atoms with van der Waals surface area (Å²) in [6.07, 6.45) is 6.59. The van der Waals surface area contributed by atoms with Crippen LogP contribution < -0.4 is 11.1 Å². The quantitative estimate of drug-likeness (QED) is 0.775. The van der Waals surface area contributed by atoms with Crippen molar-refractivity contribution in [1.29, 1.82) is 0 Å². The van der Waals surface area contributed by atoms with E-state index in [4.69, 9.17) is 5.73 Å². The average molecular weight is 253 g/mol. The van der Waals surface area contributed by atoms with Gasteiger partial charge in [0.2, 0.25) is 5.91 Å². The molecule has 2 aliphatic rings. The molecule has 2 atom stereocenters. The number of piperidine rings is 1. The van der Waals surface area contributed by atoms with E-state index in [0.717, 1.165) is 25.7 Å². The highest BCUT2D eigenvalue weighted by Crippen LogP contribution is 2.34. The average Bonchev–Trinajstić information content (AvgIpc) is 2.59. The van der Waals surface area contributed by atoms with Gasteiger partial charge in [0.25, 0.3) is 0 Å². The first-order chi connectivity index (χ1) is 8.63. The first-order valence-electron chi connectivity index (χ1n) is 7.44. The van der Waals surface area contributed by atoms with Crippen molar-refractivity contribution in [2.75, 3.05) is 6.54 Å². The summed E-state index contributed by atoms with van der Waals surface area (Å²) in [4.78, 5) is 14.4. The van der Waals surface area contributed by atoms with Crippen molar-refractivity contribution in [3.63, 3.8) is 0 Å². The van der Waals surface area contributed by atoms with E-state index in [1.807, 2.05) is 0 Å². The zero-order chi connectivity index (χ0) is 13.1. The SMILES string of the molecule is CCC(CC)NC(=O)CN1C2CCC1CC(N)C2. The van der Waals surface area contributed by atoms with Gasteiger partial charge in [0, 0.05) is 24.2 Å². The van der Waals surface area contributed by atoms with Crippen molar-refractivity contribution >= 4 is 5.91 Å². The van der Waals surface area contributed by atoms with Gasteiger partial charge in [-0.3, -0.25) is 9.69 Å². The summed E-state index contributed by atoms with van der Waals surface area (Å²) < 4.78 is 0. The van der Waals surface area contributed by atoms with Crippen LogP contribution in [0.15, 0.2) is 0 Å². The van der Waals surface area contributed by atoms with Crippen LogP contribution in [0.1, 0.15) is 52.4 Å². The fourth-order valence-electron chi connectivity index (χ4n) is 3.51. The molecule has 18 heavy (non-hydrogen) atoms. The zero-order valence-electron chi connectivity index (χ0n) is 11.7. The van der Waals surface area contributed by atoms with Crippen LogP contribution in [0.25, 0.3) is 0 Å². The maximum absolute atomic E-state index is 12.1. The first kappa shape index (κ1) is 13.8. The molecule has 0 saturated carbocycles. The van der Waals surface area contributed by atoms with Crippen molar-refractivity contribution in [3.05, 3.63) is 0 Å². The summed E-state index contributed by atoms with van der Waals surface area (Å²) in [5.74, 6) is 0.191. The second-order valence-corrected chi connectivity index (χ2v) is 5.87. The number of nitrogens with one attached hydrogen (secondary N) is 1. The monoisotopic (exact) mass is 253 g/mol. The minimum atomic E-state index is 0.191. The minimum absolute atomic E-state index is 0.191. The highest BCUT2D eigenvalue weighted by Gasteiger charge is 2.40. The van der Waals surface area contributed by atoms with Gasteiger partial charge >= 0.3 is 0 Å². The summed E-state index contributed by atoms with van der Waals surface area (Å²) in [5.41, 5.74) is 6.05. The molecule has 0 aromatic carbocycles. The van der Waals surface area contributed by atoms with E-state index in [1.165, 1.54) is 12.8 Å². The van der Waals surface area contributed by atoms with Gasteiger partial charge in [-0.25, -0.2) is 0 Å². The number of nitrogens with two attached hydrogens (primary N) is 1. The van der Waals surface area contributed by atoms with Crippen LogP contribution in [0.5, 0.6) is 0 Å². The van der Waals surface area contributed by atoms with Crippen LogP contribution in [0, 0.1) is 0 Å². The molecule has 4 heteroatoms. The molecule has 2 saturated heterocycles. The number of amides is 1. The number of hydrogen-bond donors (Lipinski definition) is 2. The van der Waals surface area contributed by atoms with E-state index in [0.29, 0.717) is 30.7 Å². The second kappa shape index (κ2) is 6.02. The Kier molecular flexibility index (Phi) is 4.62. The molecule has 0 radical (unpaired) electrons. The molecule has 2 bridgehead atoms. The largest absolute Gasteiger partial charge is 0.352 e. The van der Waals surface area contributed by atoms with E-state index < -0.39 is 0 Å². The van der Waals surface area contributed by atoms with Gasteiger partial charge < -0.3 is 11.1 Å². The maximum Gasteiger partial charge on any atom is 0.234 e. The molecule has 1 amide bonds. The van der Waals surface area contributed by atoms with Crippen LogP contribution in [0.3, 0.4) is 0 Å². The molecule has 0 spiro atoms. The Morgan fingerprint density at radius 2 is 1.83 bits per heavy atom. The molecular weight excluding hydrogens is 226 g/mol. The van der Waals surface area contributed by atoms with E-state index >= 15 is 0 Å². The molecule has 2 fully saturated rings. The maximum atomic E-state index is 12.1. The molecule has 3 N–H and O–H groups in total.